The molecule has 1 heterocycles. The van der Waals surface area contributed by atoms with Gasteiger partial charge in [-0.2, -0.15) is 0 Å². The largest absolute Gasteiger partial charge is 0.390 e. The molecule has 7 heteroatoms. The van der Waals surface area contributed by atoms with Gasteiger partial charge in [0.25, 0.3) is 5.91 Å². The first-order valence-corrected chi connectivity index (χ1v) is 11.9. The fourth-order valence-corrected chi connectivity index (χ4v) is 4.34. The van der Waals surface area contributed by atoms with Gasteiger partial charge in [-0.15, -0.1) is 0 Å². The van der Waals surface area contributed by atoms with Crippen LogP contribution in [-0.4, -0.2) is 39.6 Å². The van der Waals surface area contributed by atoms with Crippen molar-refractivity contribution in [2.45, 2.75) is 38.5 Å². The highest BCUT2D eigenvalue weighted by atomic mass is 19.1. The van der Waals surface area contributed by atoms with Crippen molar-refractivity contribution in [1.82, 2.24) is 9.88 Å². The number of carbonyl (C=O) groups is 1. The van der Waals surface area contributed by atoms with Crippen molar-refractivity contribution in [3.8, 4) is 0 Å². The Balaban J connectivity index is 1.61. The number of aromatic nitrogens is 1. The minimum atomic E-state index is -1.13. The predicted octanol–water partition coefficient (Wildman–Crippen LogP) is 4.65. The van der Waals surface area contributed by atoms with Gasteiger partial charge in [0, 0.05) is 43.0 Å². The molecule has 2 atom stereocenters. The Kier molecular flexibility index (Phi) is 8.03. The minimum Gasteiger partial charge on any atom is -0.390 e. The van der Waals surface area contributed by atoms with Crippen LogP contribution in [-0.2, 0) is 19.4 Å². The smallest absolute Gasteiger partial charge is 0.256 e. The van der Waals surface area contributed by atoms with E-state index in [1.807, 2.05) is 48.5 Å². The van der Waals surface area contributed by atoms with E-state index in [4.69, 9.17) is 5.73 Å². The Morgan fingerprint density at radius 1 is 0.972 bits per heavy atom. The second kappa shape index (κ2) is 11.4. The molecule has 0 unspecified atom stereocenters. The third kappa shape index (κ3) is 6.11. The van der Waals surface area contributed by atoms with Crippen LogP contribution in [0.4, 0.5) is 8.78 Å². The van der Waals surface area contributed by atoms with Crippen LogP contribution in [0, 0.1) is 11.6 Å². The van der Waals surface area contributed by atoms with E-state index in [0.29, 0.717) is 11.1 Å². The normalized spacial score (nSPS) is 12.9. The van der Waals surface area contributed by atoms with Gasteiger partial charge in [-0.05, 0) is 47.1 Å². The molecule has 0 saturated heterocycles. The summed E-state index contributed by atoms with van der Waals surface area (Å²) in [6.45, 7) is 2.26. The van der Waals surface area contributed by atoms with Crippen LogP contribution in [0.15, 0.2) is 79.1 Å². The molecule has 3 aromatic carbocycles. The monoisotopic (exact) mass is 489 g/mol. The number of nitrogens with two attached hydrogens (primary N) is 1. The molecule has 1 amide bonds. The molecule has 3 N–H and O–H groups in total. The van der Waals surface area contributed by atoms with Gasteiger partial charge in [0.1, 0.15) is 11.6 Å². The molecule has 4 rings (SSSR count). The molecule has 36 heavy (non-hydrogen) atoms. The van der Waals surface area contributed by atoms with E-state index >= 15 is 0 Å². The summed E-state index contributed by atoms with van der Waals surface area (Å²) in [7, 11) is 0. The van der Waals surface area contributed by atoms with Crippen molar-refractivity contribution in [3.05, 3.63) is 113 Å². The van der Waals surface area contributed by atoms with Crippen molar-refractivity contribution in [2.75, 3.05) is 6.54 Å². The maximum Gasteiger partial charge on any atom is 0.256 e. The molecule has 5 nitrogen and oxygen atoms in total. The van der Waals surface area contributed by atoms with Gasteiger partial charge in [-0.1, -0.05) is 55.5 Å². The highest BCUT2D eigenvalue weighted by Gasteiger charge is 2.25. The van der Waals surface area contributed by atoms with E-state index < -0.39 is 23.8 Å². The number of nitrogens with zero attached hydrogens (tertiary/aromatic N) is 2. The van der Waals surface area contributed by atoms with Gasteiger partial charge in [0.2, 0.25) is 0 Å². The summed E-state index contributed by atoms with van der Waals surface area (Å²) in [4.78, 5) is 19.5. The van der Waals surface area contributed by atoms with Crippen molar-refractivity contribution in [3.63, 3.8) is 0 Å². The number of aryl methyl sites for hydroxylation is 1. The molecule has 186 valence electrons. The van der Waals surface area contributed by atoms with Gasteiger partial charge in [-0.25, -0.2) is 8.78 Å². The Bertz CT molecular complexity index is 1340. The summed E-state index contributed by atoms with van der Waals surface area (Å²) < 4.78 is 27.2. The minimum absolute atomic E-state index is 0.0546. The lowest BCUT2D eigenvalue weighted by atomic mass is 10.0. The van der Waals surface area contributed by atoms with Crippen molar-refractivity contribution >= 4 is 16.7 Å². The Labute approximate surface area is 209 Å². The zero-order valence-corrected chi connectivity index (χ0v) is 20.1. The van der Waals surface area contributed by atoms with Gasteiger partial charge in [0.05, 0.1) is 11.7 Å². The molecule has 0 saturated carbocycles. The number of carbonyl (C=O) groups excluding carboxylic acids is 1. The van der Waals surface area contributed by atoms with E-state index in [2.05, 4.69) is 11.9 Å². The zero-order chi connectivity index (χ0) is 25.7. The van der Waals surface area contributed by atoms with Crippen LogP contribution in [0.3, 0.4) is 0 Å². The lowest BCUT2D eigenvalue weighted by molar-refractivity contribution is 0.0555. The number of aliphatic hydroxyl groups excluding tert-OH is 1. The maximum atomic E-state index is 13.8. The number of pyridine rings is 1. The molecule has 0 fully saturated rings. The predicted molar refractivity (Wildman–Crippen MR) is 136 cm³/mol. The number of halogens is 2. The van der Waals surface area contributed by atoms with Gasteiger partial charge in [0.15, 0.2) is 0 Å². The van der Waals surface area contributed by atoms with Crippen LogP contribution in [0.5, 0.6) is 0 Å². The molecule has 0 aliphatic heterocycles. The summed E-state index contributed by atoms with van der Waals surface area (Å²) in [5.41, 5.74) is 9.04. The van der Waals surface area contributed by atoms with Crippen LogP contribution >= 0.6 is 0 Å². The van der Waals surface area contributed by atoms with E-state index in [-0.39, 0.29) is 25.4 Å². The fourth-order valence-electron chi connectivity index (χ4n) is 4.34. The first-order valence-electron chi connectivity index (χ1n) is 11.9. The summed E-state index contributed by atoms with van der Waals surface area (Å²) in [6.07, 6.45) is 3.01. The summed E-state index contributed by atoms with van der Waals surface area (Å²) in [6, 6.07) is 17.7. The van der Waals surface area contributed by atoms with Crippen LogP contribution in [0.25, 0.3) is 10.8 Å². The highest BCUT2D eigenvalue weighted by Crippen LogP contribution is 2.21. The maximum absolute atomic E-state index is 13.8. The topological polar surface area (TPSA) is 79.5 Å². The average Bonchev–Trinajstić information content (AvgIpc) is 2.87. The summed E-state index contributed by atoms with van der Waals surface area (Å²) in [5.74, 6) is -1.70. The molecular weight excluding hydrogens is 460 g/mol. The van der Waals surface area contributed by atoms with Crippen molar-refractivity contribution in [1.29, 1.82) is 0 Å². The van der Waals surface area contributed by atoms with E-state index in [9.17, 15) is 18.7 Å². The molecule has 0 aliphatic carbocycles. The molecule has 0 spiro atoms. The molecule has 0 bridgehead atoms. The van der Waals surface area contributed by atoms with Crippen molar-refractivity contribution < 1.29 is 18.7 Å². The Hall–Kier alpha value is -3.68. The van der Waals surface area contributed by atoms with Crippen LogP contribution in [0.1, 0.15) is 34.0 Å². The number of rotatable bonds is 9. The molecular formula is C29H29F2N3O2. The van der Waals surface area contributed by atoms with Gasteiger partial charge >= 0.3 is 0 Å². The number of fused-ring (bicyclic) bond motifs is 1. The fraction of sp³-hybridized carbons (Fsp3) is 0.241. The lowest BCUT2D eigenvalue weighted by Gasteiger charge is -2.29. The van der Waals surface area contributed by atoms with Crippen molar-refractivity contribution in [2.24, 2.45) is 5.73 Å². The third-order valence-electron chi connectivity index (χ3n) is 6.25. The van der Waals surface area contributed by atoms with E-state index in [1.54, 1.807) is 11.1 Å². The first kappa shape index (κ1) is 25.4. The number of amides is 1. The second-order valence-electron chi connectivity index (χ2n) is 8.98. The van der Waals surface area contributed by atoms with E-state index in [1.165, 1.54) is 18.3 Å². The van der Waals surface area contributed by atoms with Gasteiger partial charge < -0.3 is 15.7 Å². The number of benzene rings is 3. The SMILES string of the molecule is CCc1cccc(CN(C[C@@H](O)[C@@H](N)Cc2cc(F)cc(F)c2)C(=O)c2cncc3ccccc23)c1. The van der Waals surface area contributed by atoms with Gasteiger partial charge in [-0.3, -0.25) is 9.78 Å². The quantitative estimate of drug-likeness (QED) is 0.359. The lowest BCUT2D eigenvalue weighted by Crippen LogP contribution is -2.46. The van der Waals surface area contributed by atoms with E-state index in [0.717, 1.165) is 34.4 Å². The first-order chi connectivity index (χ1) is 17.3. The third-order valence-corrected chi connectivity index (χ3v) is 6.25. The second-order valence-corrected chi connectivity index (χ2v) is 8.98. The summed E-state index contributed by atoms with van der Waals surface area (Å²) >= 11 is 0. The van der Waals surface area contributed by atoms with Crippen LogP contribution < -0.4 is 5.73 Å². The number of hydrogen-bond donors (Lipinski definition) is 2. The standard InChI is InChI=1S/C29H29F2N3O2/c1-2-19-6-5-7-20(10-19)17-34(29(36)26-16-33-15-22-8-3-4-9-25(22)26)18-28(35)27(32)13-21-11-23(30)14-24(31)12-21/h3-12,14-16,27-28,35H,2,13,17-18,32H2,1H3/t27-,28+/m0/s1. The molecule has 1 aromatic heterocycles. The molecule has 0 aliphatic rings. The molecule has 0 radical (unpaired) electrons. The summed E-state index contributed by atoms with van der Waals surface area (Å²) in [5, 5.41) is 12.6. The zero-order valence-electron chi connectivity index (χ0n) is 20.1. The Morgan fingerprint density at radius 3 is 2.44 bits per heavy atom. The highest BCUT2D eigenvalue weighted by molar-refractivity contribution is 6.06. The van der Waals surface area contributed by atoms with Crippen LogP contribution in [0.2, 0.25) is 0 Å². The molecule has 4 aromatic rings. The average molecular weight is 490 g/mol. The Morgan fingerprint density at radius 2 is 1.69 bits per heavy atom. The number of aliphatic hydroxyl groups is 1. The number of hydrogen-bond acceptors (Lipinski definition) is 4.